The molecule has 0 fully saturated rings. The molecule has 0 atom stereocenters. The second-order valence-electron chi connectivity index (χ2n) is 6.84. The van der Waals surface area contributed by atoms with Crippen molar-refractivity contribution < 1.29 is 32.2 Å². The van der Waals surface area contributed by atoms with Crippen LogP contribution in [-0.4, -0.2) is 0 Å². The molecule has 0 aromatic carbocycles. The number of halogens is 4. The number of hydrogen-bond acceptors (Lipinski definition) is 0. The van der Waals surface area contributed by atoms with E-state index in [-0.39, 0.29) is 12.4 Å². The molecule has 1 rings (SSSR count). The predicted octanol–water partition coefficient (Wildman–Crippen LogP) is 5.53. The maximum atomic E-state index is 4.95. The van der Waals surface area contributed by atoms with Gasteiger partial charge in [0.1, 0.15) is 6.54 Å². The van der Waals surface area contributed by atoms with E-state index in [1.54, 1.807) is 0 Å². The van der Waals surface area contributed by atoms with Crippen LogP contribution < -0.4 is 17.0 Å². The molecule has 1 heterocycles. The maximum absolute atomic E-state index is 4.95. The van der Waals surface area contributed by atoms with Crippen LogP contribution in [0.4, 0.5) is 0 Å². The number of aromatic nitrogens is 1. The van der Waals surface area contributed by atoms with Crippen LogP contribution in [0.2, 0.25) is 0 Å². The average Bonchev–Trinajstić information content (AvgIpc) is 2.62. The zero-order valence-corrected chi connectivity index (χ0v) is 21.9. The van der Waals surface area contributed by atoms with Crippen molar-refractivity contribution in [2.45, 2.75) is 103 Å². The van der Waals surface area contributed by atoms with Gasteiger partial charge in [0.25, 0.3) is 0 Å². The second kappa shape index (κ2) is 25.1. The fraction of sp³-hybridized carbons (Fsp3) is 0.762. The number of unbranched alkanes of at least 4 members (excludes halogenated alkanes) is 13. The van der Waals surface area contributed by atoms with Crippen molar-refractivity contribution in [3.63, 3.8) is 0 Å². The molecular formula is C21H38AuCl4N. The summed E-state index contributed by atoms with van der Waals surface area (Å²) in [5.74, 6) is 0. The van der Waals surface area contributed by atoms with Gasteiger partial charge < -0.3 is 12.4 Å². The predicted molar refractivity (Wildman–Crippen MR) is 115 cm³/mol. The van der Waals surface area contributed by atoms with Gasteiger partial charge >= 0.3 is 42.8 Å². The van der Waals surface area contributed by atoms with E-state index in [0.717, 1.165) is 0 Å². The Morgan fingerprint density at radius 2 is 0.926 bits per heavy atom. The molecule has 1 aromatic rings. The van der Waals surface area contributed by atoms with Crippen LogP contribution in [0.1, 0.15) is 96.8 Å². The third kappa shape index (κ3) is 27.1. The van der Waals surface area contributed by atoms with Gasteiger partial charge in [0.2, 0.25) is 0 Å². The standard InChI is InChI=1S/C21H38N.Au.4ClH/c1-2-3-4-5-6-7-8-9-10-11-12-13-14-16-19-22-20-17-15-18-21-22;;;;;/h15,17-18,20-21H,2-14,16,19H2,1H3;;4*1H/q+1;+3;;;;/p-4. The first kappa shape index (κ1) is 30.2. The van der Waals surface area contributed by atoms with E-state index in [0.29, 0.717) is 0 Å². The topological polar surface area (TPSA) is 3.88 Å². The Labute approximate surface area is 192 Å². The van der Waals surface area contributed by atoms with E-state index >= 15 is 0 Å². The third-order valence-corrected chi connectivity index (χ3v) is 4.55. The molecule has 0 aliphatic rings. The minimum atomic E-state index is -1.79. The Morgan fingerprint density at radius 3 is 1.30 bits per heavy atom. The van der Waals surface area contributed by atoms with Gasteiger partial charge in [-0.3, -0.25) is 0 Å². The van der Waals surface area contributed by atoms with Crippen LogP contribution in [0.15, 0.2) is 30.6 Å². The quantitative estimate of drug-likeness (QED) is 0.135. The number of hydrogen-bond donors (Lipinski definition) is 0. The molecule has 6 heteroatoms. The number of aryl methyl sites for hydroxylation is 1. The fourth-order valence-corrected chi connectivity index (χ4v) is 3.07. The molecule has 1 nitrogen and oxygen atoms in total. The number of nitrogens with zero attached hydrogens (tertiary/aromatic N) is 1. The Kier molecular flexibility index (Phi) is 28.1. The molecule has 0 saturated heterocycles. The van der Waals surface area contributed by atoms with Crippen LogP contribution in [0, 0.1) is 0 Å². The summed E-state index contributed by atoms with van der Waals surface area (Å²) in [6, 6.07) is 6.31. The van der Waals surface area contributed by atoms with Gasteiger partial charge in [-0.1, -0.05) is 90.0 Å². The zero-order valence-electron chi connectivity index (χ0n) is 16.8. The first-order valence-corrected chi connectivity index (χ1v) is 18.3. The van der Waals surface area contributed by atoms with Crippen LogP contribution in [0.5, 0.6) is 0 Å². The molecule has 0 aliphatic heterocycles. The average molecular weight is 643 g/mol. The van der Waals surface area contributed by atoms with Gasteiger partial charge in [-0.15, -0.1) is 0 Å². The van der Waals surface area contributed by atoms with Crippen molar-refractivity contribution in [2.24, 2.45) is 0 Å². The van der Waals surface area contributed by atoms with Gasteiger partial charge in [0, 0.05) is 18.6 Å². The van der Waals surface area contributed by atoms with Crippen LogP contribution >= 0.6 is 27.6 Å². The first-order chi connectivity index (χ1) is 12.7. The molecule has 0 bridgehead atoms. The van der Waals surface area contributed by atoms with Gasteiger partial charge in [-0.25, -0.2) is 4.57 Å². The summed E-state index contributed by atoms with van der Waals surface area (Å²) in [7, 11) is 14.9. The molecular weight excluding hydrogens is 605 g/mol. The van der Waals surface area contributed by atoms with Crippen molar-refractivity contribution >= 4 is 27.6 Å². The summed E-state index contributed by atoms with van der Waals surface area (Å²) in [6.45, 7) is 3.47. The zero-order chi connectivity index (χ0) is 19.3. The minimum absolute atomic E-state index is 0. The normalized spacial score (nSPS) is 10.6. The molecule has 0 spiro atoms. The Bertz CT molecular complexity index is 377. The molecule has 0 amide bonds. The molecule has 0 aliphatic carbocycles. The van der Waals surface area contributed by atoms with Crippen LogP contribution in [-0.2, 0) is 21.7 Å². The second-order valence-corrected chi connectivity index (χ2v) is 16.2. The summed E-state index contributed by atoms with van der Waals surface area (Å²) >= 11 is -1.79. The monoisotopic (exact) mass is 641 g/mol. The van der Waals surface area contributed by atoms with Crippen LogP contribution in [0.25, 0.3) is 0 Å². The summed E-state index contributed by atoms with van der Waals surface area (Å²) in [5.41, 5.74) is 0. The third-order valence-electron chi connectivity index (χ3n) is 4.55. The van der Waals surface area contributed by atoms with Crippen molar-refractivity contribution in [1.82, 2.24) is 0 Å². The van der Waals surface area contributed by atoms with E-state index in [1.165, 1.54) is 96.4 Å². The molecule has 0 radical (unpaired) electrons. The SMILES string of the molecule is CCCCCCCCCCCCCCCC[n+]1ccccc1.[Cl-].[Cl][Au]([Cl])[Cl]. The number of pyridine rings is 1. The molecule has 0 unspecified atom stereocenters. The van der Waals surface area contributed by atoms with Gasteiger partial charge in [0.05, 0.1) is 0 Å². The fourth-order valence-electron chi connectivity index (χ4n) is 3.07. The van der Waals surface area contributed by atoms with Crippen molar-refractivity contribution in [1.29, 1.82) is 0 Å². The van der Waals surface area contributed by atoms with Crippen molar-refractivity contribution in [3.05, 3.63) is 30.6 Å². The Balaban J connectivity index is 0. The van der Waals surface area contributed by atoms with E-state index < -0.39 is 15.2 Å². The van der Waals surface area contributed by atoms with Gasteiger partial charge in [-0.2, -0.15) is 0 Å². The molecule has 0 saturated carbocycles. The summed E-state index contributed by atoms with van der Waals surface area (Å²) in [6.07, 6.45) is 24.4. The Hall–Kier alpha value is 1.05. The van der Waals surface area contributed by atoms with E-state index in [2.05, 4.69) is 42.1 Å². The molecule has 27 heavy (non-hydrogen) atoms. The van der Waals surface area contributed by atoms with E-state index in [9.17, 15) is 0 Å². The first-order valence-electron chi connectivity index (χ1n) is 10.2. The van der Waals surface area contributed by atoms with Crippen molar-refractivity contribution in [2.75, 3.05) is 0 Å². The van der Waals surface area contributed by atoms with E-state index in [1.807, 2.05) is 0 Å². The van der Waals surface area contributed by atoms with Gasteiger partial charge in [-0.05, 0) is 6.42 Å². The van der Waals surface area contributed by atoms with Gasteiger partial charge in [0.15, 0.2) is 12.4 Å². The number of rotatable bonds is 15. The molecule has 0 N–H and O–H groups in total. The summed E-state index contributed by atoms with van der Waals surface area (Å²) in [4.78, 5) is 0. The van der Waals surface area contributed by atoms with E-state index in [4.69, 9.17) is 27.6 Å². The molecule has 1 aromatic heterocycles. The van der Waals surface area contributed by atoms with Crippen LogP contribution in [0.3, 0.4) is 0 Å². The summed E-state index contributed by atoms with van der Waals surface area (Å²) < 4.78 is 2.29. The van der Waals surface area contributed by atoms with Crippen molar-refractivity contribution in [3.8, 4) is 0 Å². The Morgan fingerprint density at radius 1 is 0.593 bits per heavy atom. The summed E-state index contributed by atoms with van der Waals surface area (Å²) in [5, 5.41) is 0. The molecule has 166 valence electrons.